The van der Waals surface area contributed by atoms with Gasteiger partial charge in [-0.2, -0.15) is 0 Å². The van der Waals surface area contributed by atoms with E-state index in [0.717, 1.165) is 19.3 Å². The maximum atomic E-state index is 11.1. The molecule has 0 aliphatic heterocycles. The van der Waals surface area contributed by atoms with E-state index in [9.17, 15) is 9.13 Å². The van der Waals surface area contributed by atoms with Crippen LogP contribution in [0.2, 0.25) is 0 Å². The molecule has 0 aromatic heterocycles. The average molecular weight is 302 g/mol. The van der Waals surface area contributed by atoms with Crippen LogP contribution in [0.4, 0.5) is 0 Å². The smallest absolute Gasteiger partial charge is 0.324 e. The fourth-order valence-electron chi connectivity index (χ4n) is 1.55. The van der Waals surface area contributed by atoms with Crippen LogP contribution in [-0.4, -0.2) is 30.9 Å². The highest BCUT2D eigenvalue weighted by molar-refractivity contribution is 7.53. The Hall–Kier alpha value is 0.300. The molecular weight excluding hydrogens is 278 g/mol. The van der Waals surface area contributed by atoms with E-state index in [4.69, 9.17) is 19.6 Å². The van der Waals surface area contributed by atoms with E-state index in [1.807, 2.05) is 0 Å². The molecule has 0 amide bonds. The molecule has 0 saturated carbocycles. The normalized spacial score (nSPS) is 13.9. The van der Waals surface area contributed by atoms with E-state index in [1.54, 1.807) is 13.8 Å². The van der Waals surface area contributed by atoms with Crippen molar-refractivity contribution < 1.29 is 28.7 Å². The molecule has 0 unspecified atom stereocenters. The Morgan fingerprint density at radius 1 is 0.833 bits per heavy atom. The summed E-state index contributed by atoms with van der Waals surface area (Å²) in [4.78, 5) is 35.5. The molecule has 6 nitrogen and oxygen atoms in total. The minimum atomic E-state index is -4.06. The largest absolute Gasteiger partial charge is 0.331 e. The van der Waals surface area contributed by atoms with Crippen LogP contribution in [0.25, 0.3) is 0 Å². The highest BCUT2D eigenvalue weighted by Crippen LogP contribution is 2.52. The minimum absolute atomic E-state index is 0.0824. The number of hydrogen-bond donors (Lipinski definition) is 4. The molecule has 0 fully saturated rings. The monoisotopic (exact) mass is 302 g/mol. The second-order valence-corrected chi connectivity index (χ2v) is 9.34. The number of unbranched alkanes of at least 4 members (excludes halogenated alkanes) is 4. The van der Waals surface area contributed by atoms with Crippen molar-refractivity contribution in [1.29, 1.82) is 0 Å². The molecule has 110 valence electrons. The fourth-order valence-corrected chi connectivity index (χ4v) is 2.64. The third-order valence-electron chi connectivity index (χ3n) is 3.03. The van der Waals surface area contributed by atoms with Crippen LogP contribution < -0.4 is 0 Å². The van der Waals surface area contributed by atoms with Crippen LogP contribution in [0.3, 0.4) is 0 Å². The topological polar surface area (TPSA) is 115 Å². The molecule has 0 atom stereocenters. The van der Waals surface area contributed by atoms with Gasteiger partial charge in [-0.15, -0.1) is 0 Å². The summed E-state index contributed by atoms with van der Waals surface area (Å²) in [5, 5.41) is -0.987. The molecule has 0 aliphatic carbocycles. The summed E-state index contributed by atoms with van der Waals surface area (Å²) in [5.74, 6) is 0. The van der Waals surface area contributed by atoms with Crippen molar-refractivity contribution in [1.82, 2.24) is 0 Å². The lowest BCUT2D eigenvalue weighted by atomic mass is 10.0. The van der Waals surface area contributed by atoms with Crippen molar-refractivity contribution in [3.63, 3.8) is 0 Å². The molecule has 0 rings (SSSR count). The minimum Gasteiger partial charge on any atom is -0.324 e. The molecule has 0 radical (unpaired) electrons. The Kier molecular flexibility index (Phi) is 7.30. The Morgan fingerprint density at radius 3 is 1.72 bits per heavy atom. The molecule has 0 saturated heterocycles. The summed E-state index contributed by atoms with van der Waals surface area (Å²) in [5.41, 5.74) is 0. The zero-order valence-electron chi connectivity index (χ0n) is 10.9. The predicted octanol–water partition coefficient (Wildman–Crippen LogP) is 2.46. The van der Waals surface area contributed by atoms with Crippen LogP contribution in [0.5, 0.6) is 0 Å². The predicted molar refractivity (Wildman–Crippen MR) is 70.7 cm³/mol. The first kappa shape index (κ1) is 18.3. The van der Waals surface area contributed by atoms with Gasteiger partial charge in [0.2, 0.25) is 0 Å². The summed E-state index contributed by atoms with van der Waals surface area (Å²) in [6, 6.07) is 0. The van der Waals surface area contributed by atoms with Gasteiger partial charge in [0.05, 0.1) is 5.16 Å². The summed E-state index contributed by atoms with van der Waals surface area (Å²) in [6.45, 7) is 3.11. The summed E-state index contributed by atoms with van der Waals surface area (Å²) in [6.07, 6.45) is 3.97. The first-order chi connectivity index (χ1) is 7.96. The first-order valence-electron chi connectivity index (χ1n) is 6.06. The molecular formula is C10H24O6P2. The van der Waals surface area contributed by atoms with E-state index >= 15 is 0 Å². The van der Waals surface area contributed by atoms with Gasteiger partial charge in [-0.05, 0) is 26.7 Å². The van der Waals surface area contributed by atoms with Gasteiger partial charge < -0.3 is 19.6 Å². The molecule has 4 N–H and O–H groups in total. The highest BCUT2D eigenvalue weighted by atomic mass is 31.2. The SMILES string of the molecule is CC(C)(CCCCCCCP(=O)(O)O)P(=O)(O)O. The van der Waals surface area contributed by atoms with Crippen LogP contribution in [0.1, 0.15) is 52.4 Å². The quantitative estimate of drug-likeness (QED) is 0.384. The van der Waals surface area contributed by atoms with Gasteiger partial charge in [0.1, 0.15) is 0 Å². The van der Waals surface area contributed by atoms with E-state index in [2.05, 4.69) is 0 Å². The molecule has 8 heteroatoms. The second-order valence-electron chi connectivity index (χ2n) is 5.26. The van der Waals surface area contributed by atoms with Gasteiger partial charge in [-0.3, -0.25) is 9.13 Å². The van der Waals surface area contributed by atoms with Crippen LogP contribution in [0, 0.1) is 0 Å². The lowest BCUT2D eigenvalue weighted by molar-refractivity contribution is 0.326. The van der Waals surface area contributed by atoms with Gasteiger partial charge in [0.25, 0.3) is 0 Å². The number of hydrogen-bond acceptors (Lipinski definition) is 2. The zero-order valence-corrected chi connectivity index (χ0v) is 12.7. The zero-order chi connectivity index (χ0) is 14.4. The van der Waals surface area contributed by atoms with E-state index < -0.39 is 20.3 Å². The summed E-state index contributed by atoms with van der Waals surface area (Å²) in [7, 11) is -7.93. The molecule has 0 spiro atoms. The Labute approximate surface area is 108 Å². The third kappa shape index (κ3) is 8.41. The molecule has 0 aliphatic rings. The van der Waals surface area contributed by atoms with E-state index in [1.165, 1.54) is 0 Å². The van der Waals surface area contributed by atoms with Crippen molar-refractivity contribution in [2.45, 2.75) is 57.5 Å². The first-order valence-corrected chi connectivity index (χ1v) is 9.47. The van der Waals surface area contributed by atoms with Gasteiger partial charge in [-0.25, -0.2) is 0 Å². The van der Waals surface area contributed by atoms with Gasteiger partial charge >= 0.3 is 15.2 Å². The maximum absolute atomic E-state index is 11.1. The van der Waals surface area contributed by atoms with Crippen LogP contribution in [0.15, 0.2) is 0 Å². The number of rotatable bonds is 9. The van der Waals surface area contributed by atoms with Gasteiger partial charge in [0.15, 0.2) is 0 Å². The standard InChI is InChI=1S/C10H24O6P2/c1-10(2,18(14,15)16)8-6-4-3-5-7-9-17(11,12)13/h3-9H2,1-2H3,(H2,11,12,13)(H2,14,15,16). The molecule has 0 bridgehead atoms. The van der Waals surface area contributed by atoms with Crippen molar-refractivity contribution >= 4 is 15.2 Å². The van der Waals surface area contributed by atoms with Gasteiger partial charge in [-0.1, -0.05) is 25.7 Å². The van der Waals surface area contributed by atoms with Crippen molar-refractivity contribution in [2.24, 2.45) is 0 Å². The molecule has 0 aromatic carbocycles. The van der Waals surface area contributed by atoms with Crippen LogP contribution >= 0.6 is 15.2 Å². The Bertz CT molecular complexity index is 329. The lowest BCUT2D eigenvalue weighted by Crippen LogP contribution is -2.19. The maximum Gasteiger partial charge on any atom is 0.331 e. The van der Waals surface area contributed by atoms with Crippen molar-refractivity contribution in [3.8, 4) is 0 Å². The molecule has 0 aromatic rings. The summed E-state index contributed by atoms with van der Waals surface area (Å²) < 4.78 is 21.7. The Morgan fingerprint density at radius 2 is 1.28 bits per heavy atom. The van der Waals surface area contributed by atoms with E-state index in [0.29, 0.717) is 19.3 Å². The lowest BCUT2D eigenvalue weighted by Gasteiger charge is -2.25. The van der Waals surface area contributed by atoms with E-state index in [-0.39, 0.29) is 6.16 Å². The van der Waals surface area contributed by atoms with Crippen molar-refractivity contribution in [3.05, 3.63) is 0 Å². The molecule has 18 heavy (non-hydrogen) atoms. The fraction of sp³-hybridized carbons (Fsp3) is 1.00. The van der Waals surface area contributed by atoms with Crippen LogP contribution in [-0.2, 0) is 9.13 Å². The average Bonchev–Trinajstić information content (AvgIpc) is 2.12. The third-order valence-corrected chi connectivity index (χ3v) is 5.73. The summed E-state index contributed by atoms with van der Waals surface area (Å²) >= 11 is 0. The van der Waals surface area contributed by atoms with Gasteiger partial charge in [0, 0.05) is 6.16 Å². The highest BCUT2D eigenvalue weighted by Gasteiger charge is 2.36. The second kappa shape index (κ2) is 7.18. The Balaban J connectivity index is 3.64. The molecule has 0 heterocycles. The van der Waals surface area contributed by atoms with Crippen molar-refractivity contribution in [2.75, 3.05) is 6.16 Å².